The summed E-state index contributed by atoms with van der Waals surface area (Å²) in [5.74, 6) is 1.22. The van der Waals surface area contributed by atoms with Crippen LogP contribution in [0.3, 0.4) is 0 Å². The van der Waals surface area contributed by atoms with Crippen LogP contribution in [-0.4, -0.2) is 23.8 Å². The zero-order valence-electron chi connectivity index (χ0n) is 15.7. The predicted octanol–water partition coefficient (Wildman–Crippen LogP) is 4.41. The highest BCUT2D eigenvalue weighted by atomic mass is 16.5. The van der Waals surface area contributed by atoms with Crippen LogP contribution in [0.1, 0.15) is 60.2 Å². The number of rotatable bonds is 7. The number of carbonyl (C=O) groups excluding carboxylic acids is 2. The van der Waals surface area contributed by atoms with Crippen LogP contribution in [0.5, 0.6) is 17.2 Å². The van der Waals surface area contributed by atoms with E-state index in [2.05, 4.69) is 0 Å². The molecule has 0 radical (unpaired) electrons. The number of ether oxygens (including phenoxy) is 2. The highest BCUT2D eigenvalue weighted by molar-refractivity contribution is 6.00. The first-order valence-electron chi connectivity index (χ1n) is 9.17. The van der Waals surface area contributed by atoms with Gasteiger partial charge in [0.1, 0.15) is 17.6 Å². The Morgan fingerprint density at radius 3 is 2.74 bits per heavy atom. The normalized spacial score (nSPS) is 15.8. The third-order valence-electron chi connectivity index (χ3n) is 4.81. The van der Waals surface area contributed by atoms with E-state index >= 15 is 0 Å². The summed E-state index contributed by atoms with van der Waals surface area (Å²) in [5, 5.41) is 10.00. The average Bonchev–Trinajstić information content (AvgIpc) is 2.64. The number of carbonyl (C=O) groups is 2. The predicted molar refractivity (Wildman–Crippen MR) is 102 cm³/mol. The van der Waals surface area contributed by atoms with E-state index in [1.54, 1.807) is 25.1 Å². The lowest BCUT2D eigenvalue weighted by Gasteiger charge is -2.26. The second-order valence-corrected chi connectivity index (χ2v) is 6.90. The topological polar surface area (TPSA) is 72.8 Å². The quantitative estimate of drug-likeness (QED) is 0.733. The molecule has 1 heterocycles. The second-order valence-electron chi connectivity index (χ2n) is 6.90. The van der Waals surface area contributed by atoms with E-state index in [1.807, 2.05) is 18.2 Å². The van der Waals surface area contributed by atoms with Crippen molar-refractivity contribution >= 4 is 11.6 Å². The van der Waals surface area contributed by atoms with Crippen molar-refractivity contribution in [2.45, 2.75) is 45.1 Å². The number of phenols is 1. The van der Waals surface area contributed by atoms with Crippen molar-refractivity contribution in [1.82, 2.24) is 0 Å². The molecule has 0 amide bonds. The van der Waals surface area contributed by atoms with Gasteiger partial charge < -0.3 is 19.4 Å². The first-order chi connectivity index (χ1) is 13.0. The van der Waals surface area contributed by atoms with Crippen molar-refractivity contribution in [2.24, 2.45) is 0 Å². The zero-order chi connectivity index (χ0) is 19.4. The number of aromatic hydroxyl groups is 1. The van der Waals surface area contributed by atoms with Gasteiger partial charge in [-0.15, -0.1) is 0 Å². The number of methoxy groups -OCH3 is 1. The molecular weight excluding hydrogens is 344 g/mol. The van der Waals surface area contributed by atoms with Crippen LogP contribution in [0.4, 0.5) is 0 Å². The lowest BCUT2D eigenvalue weighted by molar-refractivity contribution is -0.117. The van der Waals surface area contributed by atoms with Gasteiger partial charge in [-0.05, 0) is 61.6 Å². The van der Waals surface area contributed by atoms with Crippen molar-refractivity contribution in [2.75, 3.05) is 7.11 Å². The Kier molecular flexibility index (Phi) is 5.79. The maximum absolute atomic E-state index is 12.5. The fourth-order valence-electron chi connectivity index (χ4n) is 3.32. The standard InChI is InChI=1S/C22H24O5/c1-14(23)5-3-4-6-15-7-9-17-18(24)13-21(27-22(17)11-15)16-8-10-20(26-2)19(25)12-16/h7-12,21,25H,3-6,13H2,1-2H3. The molecule has 1 aliphatic rings. The van der Waals surface area contributed by atoms with Gasteiger partial charge in [0.05, 0.1) is 19.1 Å². The van der Waals surface area contributed by atoms with Gasteiger partial charge in [-0.25, -0.2) is 0 Å². The summed E-state index contributed by atoms with van der Waals surface area (Å²) in [6.07, 6.45) is 3.02. The van der Waals surface area contributed by atoms with E-state index in [4.69, 9.17) is 9.47 Å². The molecule has 0 spiro atoms. The maximum Gasteiger partial charge on any atom is 0.170 e. The summed E-state index contributed by atoms with van der Waals surface area (Å²) >= 11 is 0. The summed E-state index contributed by atoms with van der Waals surface area (Å²) in [7, 11) is 1.49. The zero-order valence-corrected chi connectivity index (χ0v) is 15.7. The summed E-state index contributed by atoms with van der Waals surface area (Å²) in [6, 6.07) is 10.7. The molecule has 5 heteroatoms. The highest BCUT2D eigenvalue weighted by Crippen LogP contribution is 2.38. The Balaban J connectivity index is 1.74. The van der Waals surface area contributed by atoms with Crippen molar-refractivity contribution in [1.29, 1.82) is 0 Å². The van der Waals surface area contributed by atoms with Crippen molar-refractivity contribution in [3.05, 3.63) is 53.1 Å². The number of ketones is 2. The van der Waals surface area contributed by atoms with Gasteiger partial charge in [-0.3, -0.25) is 4.79 Å². The molecule has 0 fully saturated rings. The monoisotopic (exact) mass is 368 g/mol. The van der Waals surface area contributed by atoms with Gasteiger partial charge in [-0.1, -0.05) is 12.1 Å². The summed E-state index contributed by atoms with van der Waals surface area (Å²) in [5.41, 5.74) is 2.42. The molecular formula is C22H24O5. The molecule has 3 rings (SSSR count). The number of hydrogen-bond donors (Lipinski definition) is 1. The maximum atomic E-state index is 12.5. The largest absolute Gasteiger partial charge is 0.504 e. The SMILES string of the molecule is COc1ccc(C2CC(=O)c3ccc(CCCCC(C)=O)cc3O2)cc1O. The van der Waals surface area contributed by atoms with Crippen LogP contribution in [0.15, 0.2) is 36.4 Å². The van der Waals surface area contributed by atoms with Gasteiger partial charge in [0.25, 0.3) is 0 Å². The number of hydrogen-bond acceptors (Lipinski definition) is 5. The molecule has 2 aromatic carbocycles. The molecule has 0 saturated heterocycles. The molecule has 2 aromatic rings. The van der Waals surface area contributed by atoms with Crippen molar-refractivity contribution < 1.29 is 24.2 Å². The number of Topliss-reactive ketones (excluding diaryl/α,β-unsaturated/α-hetero) is 2. The van der Waals surface area contributed by atoms with Crippen molar-refractivity contribution in [3.8, 4) is 17.2 Å². The van der Waals surface area contributed by atoms with Gasteiger partial charge in [0.15, 0.2) is 17.3 Å². The van der Waals surface area contributed by atoms with Crippen LogP contribution >= 0.6 is 0 Å². The number of phenolic OH excluding ortho intramolecular Hbond substituents is 1. The Morgan fingerprint density at radius 1 is 1.22 bits per heavy atom. The number of aryl methyl sites for hydroxylation is 1. The molecule has 5 nitrogen and oxygen atoms in total. The average molecular weight is 368 g/mol. The third-order valence-corrected chi connectivity index (χ3v) is 4.81. The van der Waals surface area contributed by atoms with E-state index in [-0.39, 0.29) is 23.7 Å². The van der Waals surface area contributed by atoms with E-state index in [9.17, 15) is 14.7 Å². The fourth-order valence-corrected chi connectivity index (χ4v) is 3.32. The third kappa shape index (κ3) is 4.48. The minimum Gasteiger partial charge on any atom is -0.504 e. The van der Waals surface area contributed by atoms with E-state index in [0.29, 0.717) is 23.5 Å². The Morgan fingerprint density at radius 2 is 2.04 bits per heavy atom. The van der Waals surface area contributed by atoms with E-state index in [0.717, 1.165) is 30.4 Å². The molecule has 1 aliphatic heterocycles. The fraction of sp³-hybridized carbons (Fsp3) is 0.364. The Bertz CT molecular complexity index is 856. The molecule has 0 saturated carbocycles. The smallest absolute Gasteiger partial charge is 0.170 e. The molecule has 0 aliphatic carbocycles. The molecule has 27 heavy (non-hydrogen) atoms. The first kappa shape index (κ1) is 19.0. The van der Waals surface area contributed by atoms with Gasteiger partial charge in [0, 0.05) is 6.42 Å². The molecule has 0 aromatic heterocycles. The molecule has 1 atom stereocenters. The van der Waals surface area contributed by atoms with Crippen LogP contribution in [0, 0.1) is 0 Å². The van der Waals surface area contributed by atoms with Crippen LogP contribution in [0.2, 0.25) is 0 Å². The lowest BCUT2D eigenvalue weighted by atomic mass is 9.94. The lowest BCUT2D eigenvalue weighted by Crippen LogP contribution is -2.20. The minimum absolute atomic E-state index is 0.0241. The van der Waals surface area contributed by atoms with Crippen molar-refractivity contribution in [3.63, 3.8) is 0 Å². The first-order valence-corrected chi connectivity index (χ1v) is 9.17. The van der Waals surface area contributed by atoms with Gasteiger partial charge in [-0.2, -0.15) is 0 Å². The van der Waals surface area contributed by atoms with E-state index in [1.165, 1.54) is 7.11 Å². The molecule has 1 unspecified atom stereocenters. The molecule has 142 valence electrons. The molecule has 1 N–H and O–H groups in total. The minimum atomic E-state index is -0.435. The van der Waals surface area contributed by atoms with Gasteiger partial charge in [0.2, 0.25) is 0 Å². The second kappa shape index (κ2) is 8.25. The summed E-state index contributed by atoms with van der Waals surface area (Å²) in [4.78, 5) is 23.6. The van der Waals surface area contributed by atoms with E-state index < -0.39 is 6.10 Å². The van der Waals surface area contributed by atoms with Crippen LogP contribution < -0.4 is 9.47 Å². The summed E-state index contributed by atoms with van der Waals surface area (Å²) in [6.45, 7) is 1.61. The van der Waals surface area contributed by atoms with Crippen LogP contribution in [-0.2, 0) is 11.2 Å². The van der Waals surface area contributed by atoms with Gasteiger partial charge >= 0.3 is 0 Å². The Labute approximate surface area is 158 Å². The number of benzene rings is 2. The number of fused-ring (bicyclic) bond motifs is 1. The molecule has 0 bridgehead atoms. The Hall–Kier alpha value is -2.82. The van der Waals surface area contributed by atoms with Crippen LogP contribution in [0.25, 0.3) is 0 Å². The highest BCUT2D eigenvalue weighted by Gasteiger charge is 2.28. The summed E-state index contributed by atoms with van der Waals surface area (Å²) < 4.78 is 11.1. The number of unbranched alkanes of at least 4 members (excludes halogenated alkanes) is 1.